The number of nitrogens with one attached hydrogen (secondary N) is 2. The molecule has 0 radical (unpaired) electrons. The molecule has 0 bridgehead atoms. The molecule has 1 aliphatic heterocycles. The Bertz CT molecular complexity index is 430. The average Bonchev–Trinajstić information content (AvgIpc) is 2.44. The summed E-state index contributed by atoms with van der Waals surface area (Å²) in [5, 5.41) is 5.71. The van der Waals surface area contributed by atoms with E-state index >= 15 is 0 Å². The molecule has 1 atom stereocenters. The van der Waals surface area contributed by atoms with Crippen LogP contribution in [-0.2, 0) is 11.3 Å². The van der Waals surface area contributed by atoms with Crippen molar-refractivity contribution in [3.63, 3.8) is 0 Å². The van der Waals surface area contributed by atoms with E-state index in [1.54, 1.807) is 7.05 Å². The number of amides is 1. The molecule has 1 heterocycles. The summed E-state index contributed by atoms with van der Waals surface area (Å²) in [6, 6.07) is 8.86. The van der Waals surface area contributed by atoms with Gasteiger partial charge in [-0.15, -0.1) is 0 Å². The maximum Gasteiger partial charge on any atom is 0.238 e. The number of hydrogen-bond donors (Lipinski definition) is 2. The number of rotatable bonds is 5. The van der Waals surface area contributed by atoms with Crippen LogP contribution in [0.15, 0.2) is 24.3 Å². The number of likely N-dealkylation sites (N-methyl/N-ethyl adjacent to an activating group) is 1. The highest BCUT2D eigenvalue weighted by molar-refractivity contribution is 5.92. The Morgan fingerprint density at radius 1 is 1.30 bits per heavy atom. The minimum absolute atomic E-state index is 0.00935. The number of nitrogens with zero attached hydrogens (tertiary/aromatic N) is 1. The molecule has 0 spiro atoms. The highest BCUT2D eigenvalue weighted by atomic mass is 16.1. The summed E-state index contributed by atoms with van der Waals surface area (Å²) in [6.07, 6.45) is 3.97. The fraction of sp³-hybridized carbons (Fsp3) is 0.562. The van der Waals surface area contributed by atoms with Gasteiger partial charge in [-0.05, 0) is 51.1 Å². The highest BCUT2D eigenvalue weighted by Gasteiger charge is 2.17. The fourth-order valence-corrected chi connectivity index (χ4v) is 2.69. The Hall–Kier alpha value is -1.39. The molecule has 1 saturated heterocycles. The quantitative estimate of drug-likeness (QED) is 0.866. The van der Waals surface area contributed by atoms with Crippen molar-refractivity contribution >= 4 is 11.6 Å². The van der Waals surface area contributed by atoms with E-state index in [1.807, 2.05) is 12.1 Å². The van der Waals surface area contributed by atoms with Crippen molar-refractivity contribution in [1.82, 2.24) is 10.2 Å². The monoisotopic (exact) mass is 275 g/mol. The third kappa shape index (κ3) is 4.32. The zero-order valence-corrected chi connectivity index (χ0v) is 12.5. The molecule has 20 heavy (non-hydrogen) atoms. The van der Waals surface area contributed by atoms with Gasteiger partial charge in [-0.25, -0.2) is 0 Å². The molecule has 2 rings (SSSR count). The second-order valence-corrected chi connectivity index (χ2v) is 5.59. The van der Waals surface area contributed by atoms with Crippen molar-refractivity contribution in [3.8, 4) is 0 Å². The minimum Gasteiger partial charge on any atom is -0.325 e. The van der Waals surface area contributed by atoms with Crippen molar-refractivity contribution < 1.29 is 4.79 Å². The van der Waals surface area contributed by atoms with Crippen molar-refractivity contribution in [1.29, 1.82) is 0 Å². The fourth-order valence-electron chi connectivity index (χ4n) is 2.69. The summed E-state index contributed by atoms with van der Waals surface area (Å²) >= 11 is 0. The number of carbonyl (C=O) groups is 1. The van der Waals surface area contributed by atoms with Gasteiger partial charge in [-0.2, -0.15) is 0 Å². The van der Waals surface area contributed by atoms with Crippen molar-refractivity contribution in [2.24, 2.45) is 0 Å². The Kier molecular flexibility index (Phi) is 5.56. The van der Waals surface area contributed by atoms with Gasteiger partial charge in [0.2, 0.25) is 5.91 Å². The summed E-state index contributed by atoms with van der Waals surface area (Å²) < 4.78 is 0. The second kappa shape index (κ2) is 7.41. The van der Waals surface area contributed by atoms with E-state index in [0.717, 1.165) is 12.2 Å². The minimum atomic E-state index is -0.00935. The lowest BCUT2D eigenvalue weighted by Crippen LogP contribution is -2.36. The first-order chi connectivity index (χ1) is 9.69. The largest absolute Gasteiger partial charge is 0.325 e. The molecule has 4 heteroatoms. The molecule has 1 fully saturated rings. The van der Waals surface area contributed by atoms with Gasteiger partial charge in [-0.3, -0.25) is 9.69 Å². The number of carbonyl (C=O) groups excluding carboxylic acids is 1. The lowest BCUT2D eigenvalue weighted by Gasteiger charge is -2.33. The lowest BCUT2D eigenvalue weighted by atomic mass is 10.0. The first kappa shape index (κ1) is 15.0. The molecule has 0 aliphatic carbocycles. The van der Waals surface area contributed by atoms with E-state index in [0.29, 0.717) is 12.6 Å². The molecule has 4 nitrogen and oxygen atoms in total. The predicted molar refractivity (Wildman–Crippen MR) is 82.7 cm³/mol. The van der Waals surface area contributed by atoms with E-state index in [4.69, 9.17) is 0 Å². The molecule has 110 valence electrons. The first-order valence-electron chi connectivity index (χ1n) is 7.46. The van der Waals surface area contributed by atoms with E-state index in [-0.39, 0.29) is 5.91 Å². The van der Waals surface area contributed by atoms with Gasteiger partial charge in [0.15, 0.2) is 0 Å². The second-order valence-electron chi connectivity index (χ2n) is 5.59. The zero-order valence-electron chi connectivity index (χ0n) is 12.5. The van der Waals surface area contributed by atoms with Crippen LogP contribution in [0.1, 0.15) is 31.7 Å². The van der Waals surface area contributed by atoms with Crippen molar-refractivity contribution in [2.75, 3.05) is 25.5 Å². The first-order valence-corrected chi connectivity index (χ1v) is 7.46. The third-order valence-electron chi connectivity index (χ3n) is 3.90. The summed E-state index contributed by atoms with van der Waals surface area (Å²) in [6.45, 7) is 4.85. The molecule has 1 aromatic carbocycles. The maximum absolute atomic E-state index is 11.5. The van der Waals surface area contributed by atoms with Gasteiger partial charge in [-0.1, -0.05) is 18.6 Å². The molecule has 0 aromatic heterocycles. The van der Waals surface area contributed by atoms with Gasteiger partial charge >= 0.3 is 0 Å². The van der Waals surface area contributed by atoms with Gasteiger partial charge in [0.05, 0.1) is 6.54 Å². The number of benzene rings is 1. The third-order valence-corrected chi connectivity index (χ3v) is 3.90. The van der Waals surface area contributed by atoms with E-state index in [1.165, 1.54) is 31.4 Å². The number of piperidine rings is 1. The van der Waals surface area contributed by atoms with Crippen LogP contribution < -0.4 is 10.6 Å². The highest BCUT2D eigenvalue weighted by Crippen LogP contribution is 2.19. The van der Waals surface area contributed by atoms with Crippen LogP contribution in [0.4, 0.5) is 5.69 Å². The number of anilines is 1. The summed E-state index contributed by atoms with van der Waals surface area (Å²) in [4.78, 5) is 14.0. The topological polar surface area (TPSA) is 44.4 Å². The van der Waals surface area contributed by atoms with E-state index in [9.17, 15) is 4.79 Å². The van der Waals surface area contributed by atoms with Crippen LogP contribution in [0.25, 0.3) is 0 Å². The smallest absolute Gasteiger partial charge is 0.238 e. The average molecular weight is 275 g/mol. The molecule has 1 amide bonds. The Balaban J connectivity index is 1.89. The van der Waals surface area contributed by atoms with Crippen LogP contribution >= 0.6 is 0 Å². The zero-order chi connectivity index (χ0) is 14.4. The molecule has 1 unspecified atom stereocenters. The summed E-state index contributed by atoms with van der Waals surface area (Å²) in [5.41, 5.74) is 2.17. The Labute approximate surface area is 121 Å². The van der Waals surface area contributed by atoms with Crippen LogP contribution in [0.5, 0.6) is 0 Å². The van der Waals surface area contributed by atoms with Crippen LogP contribution in [0.2, 0.25) is 0 Å². The van der Waals surface area contributed by atoms with Crippen molar-refractivity contribution in [3.05, 3.63) is 29.8 Å². The van der Waals surface area contributed by atoms with E-state index in [2.05, 4.69) is 34.6 Å². The normalized spacial score (nSPS) is 19.8. The van der Waals surface area contributed by atoms with E-state index < -0.39 is 0 Å². The molecule has 1 aliphatic rings. The van der Waals surface area contributed by atoms with Crippen LogP contribution in [-0.4, -0.2) is 37.0 Å². The van der Waals surface area contributed by atoms with Crippen molar-refractivity contribution in [2.45, 2.75) is 38.8 Å². The number of hydrogen-bond acceptors (Lipinski definition) is 3. The lowest BCUT2D eigenvalue weighted by molar-refractivity contribution is -0.115. The predicted octanol–water partition coefficient (Wildman–Crippen LogP) is 2.22. The van der Waals surface area contributed by atoms with Gasteiger partial charge in [0.1, 0.15) is 0 Å². The van der Waals surface area contributed by atoms with Gasteiger partial charge < -0.3 is 10.6 Å². The number of likely N-dealkylation sites (tertiary alicyclic amines) is 1. The molecular formula is C16H25N3O. The molecule has 1 aromatic rings. The Morgan fingerprint density at radius 3 is 2.70 bits per heavy atom. The Morgan fingerprint density at radius 2 is 2.05 bits per heavy atom. The van der Waals surface area contributed by atoms with Gasteiger partial charge in [0, 0.05) is 18.3 Å². The summed E-state index contributed by atoms with van der Waals surface area (Å²) in [7, 11) is 1.77. The van der Waals surface area contributed by atoms with Crippen LogP contribution in [0.3, 0.4) is 0 Å². The van der Waals surface area contributed by atoms with Crippen LogP contribution in [0, 0.1) is 0 Å². The molecule has 2 N–H and O–H groups in total. The summed E-state index contributed by atoms with van der Waals surface area (Å²) in [5.74, 6) is -0.00935. The SMILES string of the molecule is CNCC(=O)Nc1ccc(CN2CCCCC2C)cc1. The molecular weight excluding hydrogens is 250 g/mol. The standard InChI is InChI=1S/C16H25N3O/c1-13-5-3-4-10-19(13)12-14-6-8-15(9-7-14)18-16(20)11-17-2/h6-9,13,17H,3-5,10-12H2,1-2H3,(H,18,20). The van der Waals surface area contributed by atoms with Gasteiger partial charge in [0.25, 0.3) is 0 Å². The maximum atomic E-state index is 11.5. The molecule has 0 saturated carbocycles.